The molecule has 0 saturated carbocycles. The minimum atomic E-state index is -0.234. The minimum absolute atomic E-state index is 0.0997. The summed E-state index contributed by atoms with van der Waals surface area (Å²) < 4.78 is 1.68. The van der Waals surface area contributed by atoms with E-state index in [-0.39, 0.29) is 24.8 Å². The van der Waals surface area contributed by atoms with Gasteiger partial charge in [-0.2, -0.15) is 5.10 Å². The highest BCUT2D eigenvalue weighted by Gasteiger charge is 2.09. The van der Waals surface area contributed by atoms with Crippen molar-refractivity contribution in [2.45, 2.75) is 32.9 Å². The van der Waals surface area contributed by atoms with Crippen LogP contribution in [0.2, 0.25) is 0 Å². The highest BCUT2D eigenvalue weighted by molar-refractivity contribution is 9.10. The van der Waals surface area contributed by atoms with Crippen LogP contribution in [0.4, 0.5) is 5.69 Å². The molecule has 0 fully saturated rings. The van der Waals surface area contributed by atoms with E-state index in [1.165, 1.54) is 4.68 Å². The molecule has 0 spiro atoms. The Labute approximate surface area is 103 Å². The minimum Gasteiger partial charge on any atom is -0.394 e. The molecular formula is C10H16BrN3O2. The number of rotatable bonds is 5. The summed E-state index contributed by atoms with van der Waals surface area (Å²) in [5.41, 5.74) is 0.455. The topological polar surface area (TPSA) is 67.2 Å². The zero-order valence-corrected chi connectivity index (χ0v) is 11.0. The van der Waals surface area contributed by atoms with Gasteiger partial charge in [0, 0.05) is 6.04 Å². The number of anilines is 1. The van der Waals surface area contributed by atoms with Gasteiger partial charge in [0.1, 0.15) is 4.47 Å². The van der Waals surface area contributed by atoms with Gasteiger partial charge in [0.2, 0.25) is 0 Å². The summed E-state index contributed by atoms with van der Waals surface area (Å²) in [6.07, 6.45) is 2.56. The smallest absolute Gasteiger partial charge is 0.283 e. The van der Waals surface area contributed by atoms with Gasteiger partial charge in [-0.25, -0.2) is 4.68 Å². The number of aliphatic hydroxyl groups is 1. The highest BCUT2D eigenvalue weighted by atomic mass is 79.9. The quantitative estimate of drug-likeness (QED) is 0.855. The van der Waals surface area contributed by atoms with E-state index in [4.69, 9.17) is 5.11 Å². The predicted molar refractivity (Wildman–Crippen MR) is 66.7 cm³/mol. The molecule has 0 aromatic carbocycles. The van der Waals surface area contributed by atoms with E-state index in [0.29, 0.717) is 10.2 Å². The van der Waals surface area contributed by atoms with Crippen molar-refractivity contribution in [3.05, 3.63) is 21.0 Å². The molecule has 1 atom stereocenters. The maximum absolute atomic E-state index is 11.8. The third-order valence-corrected chi connectivity index (χ3v) is 3.08. The van der Waals surface area contributed by atoms with Crippen LogP contribution in [0, 0.1) is 0 Å². The van der Waals surface area contributed by atoms with Gasteiger partial charge in [-0.05, 0) is 29.3 Å². The maximum atomic E-state index is 11.8. The second-order valence-electron chi connectivity index (χ2n) is 3.58. The Morgan fingerprint density at radius 3 is 2.94 bits per heavy atom. The van der Waals surface area contributed by atoms with Gasteiger partial charge in [-0.15, -0.1) is 0 Å². The second kappa shape index (κ2) is 6.00. The van der Waals surface area contributed by atoms with E-state index >= 15 is 0 Å². The predicted octanol–water partition coefficient (Wildman–Crippen LogP) is 1.21. The second-order valence-corrected chi connectivity index (χ2v) is 4.37. The Morgan fingerprint density at radius 2 is 2.38 bits per heavy atom. The van der Waals surface area contributed by atoms with E-state index in [9.17, 15) is 4.79 Å². The lowest BCUT2D eigenvalue weighted by Gasteiger charge is -2.14. The first-order chi connectivity index (χ1) is 7.60. The number of hydrogen-bond donors (Lipinski definition) is 2. The fraction of sp³-hybridized carbons (Fsp3) is 0.600. The molecule has 2 N–H and O–H groups in total. The Kier molecular flexibility index (Phi) is 4.95. The van der Waals surface area contributed by atoms with Crippen molar-refractivity contribution in [1.29, 1.82) is 0 Å². The summed E-state index contributed by atoms with van der Waals surface area (Å²) in [5, 5.41) is 15.9. The molecule has 0 radical (unpaired) electrons. The van der Waals surface area contributed by atoms with Crippen molar-refractivity contribution in [3.63, 3.8) is 0 Å². The van der Waals surface area contributed by atoms with Crippen LogP contribution in [-0.2, 0) is 6.54 Å². The van der Waals surface area contributed by atoms with Gasteiger partial charge in [0.15, 0.2) is 0 Å². The number of nitrogens with one attached hydrogen (secondary N) is 1. The molecule has 0 aliphatic heterocycles. The molecule has 1 aromatic rings. The Bertz CT molecular complexity index is 406. The first-order valence-corrected chi connectivity index (χ1v) is 6.02. The number of aromatic nitrogens is 2. The molecule has 0 aliphatic rings. The summed E-state index contributed by atoms with van der Waals surface area (Å²) in [6.45, 7) is 4.20. The Hall–Kier alpha value is -0.880. The highest BCUT2D eigenvalue weighted by Crippen LogP contribution is 2.17. The molecule has 1 unspecified atom stereocenters. The molecule has 5 nitrogen and oxygen atoms in total. The lowest BCUT2D eigenvalue weighted by atomic mass is 10.2. The summed E-state index contributed by atoms with van der Waals surface area (Å²) in [7, 11) is 0. The SMILES string of the molecule is CCC(C)Nc1cnn(CCO)c(=O)c1Br. The zero-order valence-electron chi connectivity index (χ0n) is 9.40. The molecule has 16 heavy (non-hydrogen) atoms. The normalized spacial score (nSPS) is 12.5. The summed E-state index contributed by atoms with van der Waals surface area (Å²) in [5.74, 6) is 0. The third-order valence-electron chi connectivity index (χ3n) is 2.31. The van der Waals surface area contributed by atoms with Crippen molar-refractivity contribution in [1.82, 2.24) is 9.78 Å². The van der Waals surface area contributed by atoms with Crippen LogP contribution in [0.3, 0.4) is 0 Å². The van der Waals surface area contributed by atoms with E-state index < -0.39 is 0 Å². The third kappa shape index (κ3) is 3.05. The van der Waals surface area contributed by atoms with Crippen molar-refractivity contribution >= 4 is 21.6 Å². The molecule has 90 valence electrons. The summed E-state index contributed by atoms with van der Waals surface area (Å²) >= 11 is 3.24. The van der Waals surface area contributed by atoms with Gasteiger partial charge in [-0.1, -0.05) is 6.92 Å². The zero-order chi connectivity index (χ0) is 12.1. The average Bonchev–Trinajstić information content (AvgIpc) is 2.28. The van der Waals surface area contributed by atoms with Gasteiger partial charge >= 0.3 is 0 Å². The van der Waals surface area contributed by atoms with E-state index in [1.807, 2.05) is 6.92 Å². The van der Waals surface area contributed by atoms with Gasteiger partial charge in [0.05, 0.1) is 25.0 Å². The van der Waals surface area contributed by atoms with E-state index in [0.717, 1.165) is 6.42 Å². The van der Waals surface area contributed by atoms with Crippen LogP contribution < -0.4 is 10.9 Å². The number of nitrogens with zero attached hydrogens (tertiary/aromatic N) is 2. The van der Waals surface area contributed by atoms with Gasteiger partial charge in [0.25, 0.3) is 5.56 Å². The Morgan fingerprint density at radius 1 is 1.69 bits per heavy atom. The van der Waals surface area contributed by atoms with Crippen LogP contribution in [0.15, 0.2) is 15.5 Å². The van der Waals surface area contributed by atoms with Crippen molar-refractivity contribution < 1.29 is 5.11 Å². The first-order valence-electron chi connectivity index (χ1n) is 5.23. The average molecular weight is 290 g/mol. The van der Waals surface area contributed by atoms with Crippen LogP contribution in [-0.4, -0.2) is 27.5 Å². The van der Waals surface area contributed by atoms with Crippen LogP contribution >= 0.6 is 15.9 Å². The summed E-state index contributed by atoms with van der Waals surface area (Å²) in [6, 6.07) is 0.284. The molecule has 0 saturated heterocycles. The van der Waals surface area contributed by atoms with Crippen LogP contribution in [0.25, 0.3) is 0 Å². The molecule has 1 aromatic heterocycles. The van der Waals surface area contributed by atoms with Crippen molar-refractivity contribution in [3.8, 4) is 0 Å². The fourth-order valence-electron chi connectivity index (χ4n) is 1.19. The van der Waals surface area contributed by atoms with E-state index in [1.54, 1.807) is 6.20 Å². The van der Waals surface area contributed by atoms with Crippen molar-refractivity contribution in [2.24, 2.45) is 0 Å². The van der Waals surface area contributed by atoms with Crippen LogP contribution in [0.5, 0.6) is 0 Å². The van der Waals surface area contributed by atoms with Crippen LogP contribution in [0.1, 0.15) is 20.3 Å². The number of aliphatic hydroxyl groups excluding tert-OH is 1. The standard InChI is InChI=1S/C10H16BrN3O2/c1-3-7(2)13-8-6-12-14(4-5-15)10(16)9(8)11/h6-7,13,15H,3-5H2,1-2H3. The lowest BCUT2D eigenvalue weighted by molar-refractivity contribution is 0.266. The molecule has 1 heterocycles. The molecular weight excluding hydrogens is 274 g/mol. The van der Waals surface area contributed by atoms with Gasteiger partial charge in [-0.3, -0.25) is 4.79 Å². The van der Waals surface area contributed by atoms with Crippen molar-refractivity contribution in [2.75, 3.05) is 11.9 Å². The maximum Gasteiger partial charge on any atom is 0.283 e. The fourth-order valence-corrected chi connectivity index (χ4v) is 1.61. The number of halogens is 1. The largest absolute Gasteiger partial charge is 0.394 e. The molecule has 1 rings (SSSR count). The molecule has 6 heteroatoms. The molecule has 0 amide bonds. The Balaban J connectivity index is 2.98. The number of hydrogen-bond acceptors (Lipinski definition) is 4. The van der Waals surface area contributed by atoms with Gasteiger partial charge < -0.3 is 10.4 Å². The molecule has 0 aliphatic carbocycles. The first kappa shape index (κ1) is 13.2. The molecule has 0 bridgehead atoms. The monoisotopic (exact) mass is 289 g/mol. The summed E-state index contributed by atoms with van der Waals surface area (Å²) in [4.78, 5) is 11.8. The lowest BCUT2D eigenvalue weighted by Crippen LogP contribution is -2.27. The van der Waals surface area contributed by atoms with E-state index in [2.05, 4.69) is 33.3 Å².